The molecule has 10 nitrogen and oxygen atoms in total. The summed E-state index contributed by atoms with van der Waals surface area (Å²) in [6.07, 6.45) is 0.0258. The molecule has 5 aliphatic heterocycles. The molecule has 0 aromatic rings. The average Bonchev–Trinajstić information content (AvgIpc) is 3.58. The first-order valence-corrected chi connectivity index (χ1v) is 13.3. The first kappa shape index (κ1) is 27.0. The van der Waals surface area contributed by atoms with E-state index in [1.807, 2.05) is 20.1 Å². The summed E-state index contributed by atoms with van der Waals surface area (Å²) in [5.74, 6) is -1.27. The third kappa shape index (κ3) is 4.72. The van der Waals surface area contributed by atoms with Crippen LogP contribution in [-0.4, -0.2) is 110 Å². The van der Waals surface area contributed by atoms with Crippen molar-refractivity contribution in [3.63, 3.8) is 0 Å². The number of rotatable bonds is 6. The lowest BCUT2D eigenvalue weighted by Gasteiger charge is -2.39. The smallest absolute Gasteiger partial charge is 0.378 e. The molecule has 5 rings (SSSR count). The van der Waals surface area contributed by atoms with Crippen molar-refractivity contribution in [3.8, 4) is 0 Å². The van der Waals surface area contributed by atoms with E-state index in [1.54, 1.807) is 4.90 Å². The molecule has 5 aliphatic rings. The zero-order valence-corrected chi connectivity index (χ0v) is 21.9. The Bertz CT molecular complexity index is 1030. The van der Waals surface area contributed by atoms with Crippen molar-refractivity contribution in [2.24, 2.45) is 38.8 Å². The maximum atomic E-state index is 13.9. The zero-order valence-electron chi connectivity index (χ0n) is 21.9. The van der Waals surface area contributed by atoms with Crippen molar-refractivity contribution in [1.29, 1.82) is 0 Å². The molecule has 5 heterocycles. The van der Waals surface area contributed by atoms with Gasteiger partial charge in [-0.05, 0) is 25.7 Å². The van der Waals surface area contributed by atoms with Gasteiger partial charge in [0, 0.05) is 45.0 Å². The van der Waals surface area contributed by atoms with Gasteiger partial charge >= 0.3 is 6.18 Å². The maximum absolute atomic E-state index is 13.9. The van der Waals surface area contributed by atoms with Gasteiger partial charge in [0.15, 0.2) is 6.23 Å². The van der Waals surface area contributed by atoms with Crippen LogP contribution >= 0.6 is 0 Å². The Labute approximate surface area is 219 Å². The third-order valence-electron chi connectivity index (χ3n) is 8.44. The van der Waals surface area contributed by atoms with E-state index in [4.69, 9.17) is 14.5 Å². The van der Waals surface area contributed by atoms with E-state index in [0.29, 0.717) is 32.4 Å². The second-order valence-electron chi connectivity index (χ2n) is 10.9. The fraction of sp³-hybridized carbons (Fsp3) is 0.800. The molecule has 2 saturated heterocycles. The minimum atomic E-state index is -4.38. The molecule has 1 N–H and O–H groups in total. The topological polar surface area (TPSA) is 108 Å². The average molecular weight is 541 g/mol. The van der Waals surface area contributed by atoms with E-state index >= 15 is 0 Å². The third-order valence-corrected chi connectivity index (χ3v) is 8.44. The number of likely N-dealkylation sites (tertiary alicyclic amines) is 1. The van der Waals surface area contributed by atoms with Crippen LogP contribution in [0.3, 0.4) is 0 Å². The number of halogens is 3. The van der Waals surface area contributed by atoms with Gasteiger partial charge in [-0.25, -0.2) is 0 Å². The van der Waals surface area contributed by atoms with Crippen LogP contribution in [0.2, 0.25) is 0 Å². The molecule has 0 aromatic carbocycles. The van der Waals surface area contributed by atoms with Gasteiger partial charge in [-0.2, -0.15) is 18.3 Å². The van der Waals surface area contributed by atoms with Gasteiger partial charge in [0.25, 0.3) is 0 Å². The van der Waals surface area contributed by atoms with E-state index in [1.165, 1.54) is 13.3 Å². The highest BCUT2D eigenvalue weighted by molar-refractivity contribution is 6.17. The predicted octanol–water partition coefficient (Wildman–Crippen LogP) is 1.50. The lowest BCUT2D eigenvalue weighted by molar-refractivity contribution is -0.146. The molecule has 0 aliphatic carbocycles. The van der Waals surface area contributed by atoms with Crippen LogP contribution in [-0.2, 0) is 19.1 Å². The van der Waals surface area contributed by atoms with E-state index < -0.39 is 42.4 Å². The van der Waals surface area contributed by atoms with Gasteiger partial charge < -0.3 is 19.7 Å². The van der Waals surface area contributed by atoms with Crippen LogP contribution < -0.4 is 5.32 Å². The summed E-state index contributed by atoms with van der Waals surface area (Å²) >= 11 is 0. The fourth-order valence-electron chi connectivity index (χ4n) is 6.79. The Balaban J connectivity index is 1.43. The van der Waals surface area contributed by atoms with Gasteiger partial charge in [0.1, 0.15) is 12.1 Å². The first-order valence-electron chi connectivity index (χ1n) is 13.3. The van der Waals surface area contributed by atoms with E-state index in [2.05, 4.69) is 15.4 Å². The van der Waals surface area contributed by atoms with E-state index in [0.717, 1.165) is 10.7 Å². The Morgan fingerprint density at radius 2 is 2.11 bits per heavy atom. The molecule has 8 atom stereocenters. The molecule has 2 amide bonds. The molecule has 2 fully saturated rings. The number of nitrogens with zero attached hydrogens (tertiary/aromatic N) is 5. The molecule has 0 saturated carbocycles. The Kier molecular flexibility index (Phi) is 7.27. The van der Waals surface area contributed by atoms with Crippen LogP contribution in [0.5, 0.6) is 0 Å². The Hall–Kier alpha value is -2.54. The van der Waals surface area contributed by atoms with Crippen molar-refractivity contribution in [2.45, 2.75) is 63.1 Å². The molecular weight excluding hydrogens is 505 g/mol. The summed E-state index contributed by atoms with van der Waals surface area (Å²) < 4.78 is 50.2. The van der Waals surface area contributed by atoms with E-state index in [-0.39, 0.29) is 42.8 Å². The number of carbonyl (C=O) groups excluding carboxylic acids is 2. The van der Waals surface area contributed by atoms with Gasteiger partial charge in [0.05, 0.1) is 42.8 Å². The van der Waals surface area contributed by atoms with Crippen molar-refractivity contribution in [2.75, 3.05) is 40.0 Å². The molecule has 210 valence electrons. The largest absolute Gasteiger partial charge is 0.407 e. The number of hydrogen-bond acceptors (Lipinski definition) is 8. The van der Waals surface area contributed by atoms with Crippen LogP contribution in [0.15, 0.2) is 15.1 Å². The predicted molar refractivity (Wildman–Crippen MR) is 133 cm³/mol. The van der Waals surface area contributed by atoms with E-state index in [9.17, 15) is 22.8 Å². The molecule has 0 radical (unpaired) electrons. The lowest BCUT2D eigenvalue weighted by atomic mass is 9.74. The second kappa shape index (κ2) is 10.2. The van der Waals surface area contributed by atoms with Crippen LogP contribution in [0.4, 0.5) is 13.2 Å². The fourth-order valence-corrected chi connectivity index (χ4v) is 6.79. The number of ether oxygens (including phenoxy) is 2. The van der Waals surface area contributed by atoms with Gasteiger partial charge in [0.2, 0.25) is 11.8 Å². The van der Waals surface area contributed by atoms with Crippen molar-refractivity contribution < 1.29 is 32.2 Å². The monoisotopic (exact) mass is 540 g/mol. The highest BCUT2D eigenvalue weighted by atomic mass is 19.4. The molecule has 38 heavy (non-hydrogen) atoms. The number of nitrogens with one attached hydrogen (secondary N) is 1. The van der Waals surface area contributed by atoms with Gasteiger partial charge in [-0.15, -0.1) is 0 Å². The standard InChI is InChI=1S/C25H35F3N6O4/c1-4-29-21(35)17-8-15(9-30-22(17)37-3)18-7-14(2)19-20(32-18)24(5-6-38-13-24)34(23(19)36)16-10-31-33(11-16)12-25(26,27)28/h9-10,14-19,22H,4-8,11-13H2,1-3H3,(H,29,35)/t14?,15?,16?,17?,18?,19?,22?,24-/m0/s1. The quantitative estimate of drug-likeness (QED) is 0.550. The highest BCUT2D eigenvalue weighted by Gasteiger charge is 2.62. The summed E-state index contributed by atoms with van der Waals surface area (Å²) in [4.78, 5) is 38.0. The van der Waals surface area contributed by atoms with Crippen LogP contribution in [0.25, 0.3) is 0 Å². The second-order valence-corrected chi connectivity index (χ2v) is 10.9. The Morgan fingerprint density at radius 3 is 2.76 bits per heavy atom. The molecule has 0 bridgehead atoms. The number of hydrazone groups is 1. The molecule has 13 heteroatoms. The van der Waals surface area contributed by atoms with Crippen molar-refractivity contribution in [3.05, 3.63) is 0 Å². The van der Waals surface area contributed by atoms with Crippen LogP contribution in [0.1, 0.15) is 33.1 Å². The van der Waals surface area contributed by atoms with Crippen molar-refractivity contribution in [1.82, 2.24) is 15.2 Å². The van der Waals surface area contributed by atoms with Gasteiger partial charge in [-0.3, -0.25) is 24.6 Å². The maximum Gasteiger partial charge on any atom is 0.407 e. The minimum Gasteiger partial charge on any atom is -0.378 e. The summed E-state index contributed by atoms with van der Waals surface area (Å²) in [5.41, 5.74) is -0.0531. The highest BCUT2D eigenvalue weighted by Crippen LogP contribution is 2.47. The molecule has 0 aromatic heterocycles. The minimum absolute atomic E-state index is 0.0211. The number of fused-ring (bicyclic) bond motifs is 2. The first-order chi connectivity index (χ1) is 18.1. The van der Waals surface area contributed by atoms with Crippen LogP contribution in [0, 0.1) is 23.7 Å². The van der Waals surface area contributed by atoms with Gasteiger partial charge in [-0.1, -0.05) is 6.92 Å². The molecule has 7 unspecified atom stereocenters. The zero-order chi connectivity index (χ0) is 27.2. The summed E-state index contributed by atoms with van der Waals surface area (Å²) in [6.45, 7) is 3.90. The number of alkyl halides is 3. The number of carbonyl (C=O) groups is 2. The number of aliphatic imine (C=N–C) groups is 2. The SMILES string of the molecule is CCNC(=O)C1CC(C2CC(C)C3C(=O)N(C4C=NN(CC(F)(F)F)C4)[C@]4(CCOC4)C3=N2)C=NC1OC. The summed E-state index contributed by atoms with van der Waals surface area (Å²) in [5, 5.41) is 7.79. The summed E-state index contributed by atoms with van der Waals surface area (Å²) in [7, 11) is 1.53. The summed E-state index contributed by atoms with van der Waals surface area (Å²) in [6, 6.07) is -0.773. The number of methoxy groups -OCH3 is 1. The molecular formula is C25H35F3N6O4. The molecule has 1 spiro atoms. The number of hydrogen-bond donors (Lipinski definition) is 1. The Morgan fingerprint density at radius 1 is 1.32 bits per heavy atom. The van der Waals surface area contributed by atoms with Crippen molar-refractivity contribution >= 4 is 30.0 Å². The lowest BCUT2D eigenvalue weighted by Crippen LogP contribution is -2.57. The number of amides is 2. The normalized spacial score (nSPS) is 38.7.